The van der Waals surface area contributed by atoms with Crippen LogP contribution < -0.4 is 0 Å². The standard InChI is InChI=1S/C13H11ClN4/c1-9(10-5-3-2-4-6-10)18-13-11(7-16-18)15-8-12(14)17-13/h2-9H,1H3/t9-/m0/s1. The van der Waals surface area contributed by atoms with Gasteiger partial charge in [-0.3, -0.25) is 0 Å². The Morgan fingerprint density at radius 3 is 2.72 bits per heavy atom. The summed E-state index contributed by atoms with van der Waals surface area (Å²) in [7, 11) is 0. The summed E-state index contributed by atoms with van der Waals surface area (Å²) in [6.45, 7) is 2.07. The maximum Gasteiger partial charge on any atom is 0.178 e. The van der Waals surface area contributed by atoms with Gasteiger partial charge in [-0.15, -0.1) is 0 Å². The first-order valence-corrected chi connectivity index (χ1v) is 6.04. The van der Waals surface area contributed by atoms with Crippen molar-refractivity contribution in [2.45, 2.75) is 13.0 Å². The summed E-state index contributed by atoms with van der Waals surface area (Å²) in [5.41, 5.74) is 2.63. The van der Waals surface area contributed by atoms with Gasteiger partial charge in [-0.25, -0.2) is 14.6 Å². The molecular formula is C13H11ClN4. The maximum absolute atomic E-state index is 5.88. The summed E-state index contributed by atoms with van der Waals surface area (Å²) in [6.07, 6.45) is 3.24. The van der Waals surface area contributed by atoms with Crippen molar-refractivity contribution in [2.75, 3.05) is 0 Å². The van der Waals surface area contributed by atoms with Gasteiger partial charge in [0.05, 0.1) is 18.4 Å². The number of benzene rings is 1. The van der Waals surface area contributed by atoms with Crippen LogP contribution in [-0.4, -0.2) is 19.7 Å². The van der Waals surface area contributed by atoms with Crippen molar-refractivity contribution in [3.63, 3.8) is 0 Å². The average Bonchev–Trinajstić information content (AvgIpc) is 2.82. The molecule has 0 radical (unpaired) electrons. The quantitative estimate of drug-likeness (QED) is 0.709. The SMILES string of the molecule is C[C@@H](c1ccccc1)n1ncc2ncc(Cl)nc21. The zero-order valence-corrected chi connectivity index (χ0v) is 10.5. The van der Waals surface area contributed by atoms with Crippen LogP contribution in [0.25, 0.3) is 11.2 Å². The number of hydrogen-bond donors (Lipinski definition) is 0. The van der Waals surface area contributed by atoms with Gasteiger partial charge in [-0.2, -0.15) is 5.10 Å². The lowest BCUT2D eigenvalue weighted by atomic mass is 10.1. The van der Waals surface area contributed by atoms with Crippen molar-refractivity contribution in [3.8, 4) is 0 Å². The Morgan fingerprint density at radius 1 is 1.17 bits per heavy atom. The summed E-state index contributed by atoms with van der Waals surface area (Å²) in [5, 5.41) is 4.72. The van der Waals surface area contributed by atoms with Crippen LogP contribution in [0.3, 0.4) is 0 Å². The van der Waals surface area contributed by atoms with Gasteiger partial charge in [0, 0.05) is 0 Å². The summed E-state index contributed by atoms with van der Waals surface area (Å²) in [5.74, 6) is 0. The highest BCUT2D eigenvalue weighted by Crippen LogP contribution is 2.21. The summed E-state index contributed by atoms with van der Waals surface area (Å²) in [4.78, 5) is 8.49. The van der Waals surface area contributed by atoms with Gasteiger partial charge < -0.3 is 0 Å². The minimum Gasteiger partial charge on any atom is -0.248 e. The van der Waals surface area contributed by atoms with E-state index in [1.54, 1.807) is 6.20 Å². The molecule has 0 N–H and O–H groups in total. The monoisotopic (exact) mass is 258 g/mol. The third-order valence-electron chi connectivity index (χ3n) is 2.92. The lowest BCUT2D eigenvalue weighted by Crippen LogP contribution is -2.09. The van der Waals surface area contributed by atoms with Crippen LogP contribution in [0, 0.1) is 0 Å². The fourth-order valence-corrected chi connectivity index (χ4v) is 2.08. The third kappa shape index (κ3) is 1.84. The van der Waals surface area contributed by atoms with Gasteiger partial charge in [-0.05, 0) is 12.5 Å². The maximum atomic E-state index is 5.88. The molecule has 0 amide bonds. The Hall–Kier alpha value is -1.94. The Morgan fingerprint density at radius 2 is 1.94 bits per heavy atom. The molecule has 0 aliphatic rings. The van der Waals surface area contributed by atoms with E-state index in [1.165, 1.54) is 11.8 Å². The molecule has 0 unspecified atom stereocenters. The summed E-state index contributed by atoms with van der Waals surface area (Å²) < 4.78 is 1.84. The molecule has 2 heterocycles. The first kappa shape index (κ1) is 11.2. The number of fused-ring (bicyclic) bond motifs is 1. The van der Waals surface area contributed by atoms with Crippen molar-refractivity contribution in [2.24, 2.45) is 0 Å². The van der Waals surface area contributed by atoms with Crippen LogP contribution in [0.5, 0.6) is 0 Å². The van der Waals surface area contributed by atoms with E-state index in [2.05, 4.69) is 34.1 Å². The predicted octanol–water partition coefficient (Wildman–Crippen LogP) is 3.09. The third-order valence-corrected chi connectivity index (χ3v) is 3.10. The normalized spacial score (nSPS) is 12.8. The highest BCUT2D eigenvalue weighted by molar-refractivity contribution is 6.29. The molecule has 90 valence electrons. The molecule has 0 saturated heterocycles. The van der Waals surface area contributed by atoms with Gasteiger partial charge >= 0.3 is 0 Å². The first-order chi connectivity index (χ1) is 8.75. The number of aromatic nitrogens is 4. The molecule has 0 aliphatic carbocycles. The molecule has 2 aromatic heterocycles. The minimum atomic E-state index is 0.0940. The van der Waals surface area contributed by atoms with E-state index < -0.39 is 0 Å². The fourth-order valence-electron chi connectivity index (χ4n) is 1.96. The van der Waals surface area contributed by atoms with Crippen molar-refractivity contribution in [1.29, 1.82) is 0 Å². The molecule has 0 saturated carbocycles. The summed E-state index contributed by atoms with van der Waals surface area (Å²) >= 11 is 5.88. The van der Waals surface area contributed by atoms with E-state index >= 15 is 0 Å². The molecule has 3 aromatic rings. The van der Waals surface area contributed by atoms with E-state index in [-0.39, 0.29) is 6.04 Å². The topological polar surface area (TPSA) is 43.6 Å². The van der Waals surface area contributed by atoms with Crippen molar-refractivity contribution >= 4 is 22.8 Å². The second-order valence-corrected chi connectivity index (χ2v) is 4.46. The largest absolute Gasteiger partial charge is 0.248 e. The molecule has 0 fully saturated rings. The van der Waals surface area contributed by atoms with Crippen molar-refractivity contribution in [3.05, 3.63) is 53.4 Å². The molecule has 18 heavy (non-hydrogen) atoms. The second-order valence-electron chi connectivity index (χ2n) is 4.08. The van der Waals surface area contributed by atoms with Crippen LogP contribution in [0.1, 0.15) is 18.5 Å². The number of halogens is 1. The van der Waals surface area contributed by atoms with Crippen LogP contribution in [-0.2, 0) is 0 Å². The van der Waals surface area contributed by atoms with Crippen LogP contribution in [0.4, 0.5) is 0 Å². The molecule has 0 spiro atoms. The van der Waals surface area contributed by atoms with E-state index in [0.29, 0.717) is 10.8 Å². The highest BCUT2D eigenvalue weighted by Gasteiger charge is 2.13. The van der Waals surface area contributed by atoms with Crippen LogP contribution >= 0.6 is 11.6 Å². The Labute approximate surface area is 109 Å². The van der Waals surface area contributed by atoms with Crippen molar-refractivity contribution in [1.82, 2.24) is 19.7 Å². The predicted molar refractivity (Wildman–Crippen MR) is 70.6 cm³/mol. The van der Waals surface area contributed by atoms with E-state index in [0.717, 1.165) is 5.52 Å². The van der Waals surface area contributed by atoms with E-state index in [1.807, 2.05) is 22.9 Å². The van der Waals surface area contributed by atoms with Gasteiger partial charge in [0.15, 0.2) is 5.65 Å². The Bertz CT molecular complexity index is 678. The molecule has 0 bridgehead atoms. The van der Waals surface area contributed by atoms with Crippen molar-refractivity contribution < 1.29 is 0 Å². The van der Waals surface area contributed by atoms with Gasteiger partial charge in [0.2, 0.25) is 0 Å². The molecule has 0 aliphatic heterocycles. The zero-order chi connectivity index (χ0) is 12.5. The van der Waals surface area contributed by atoms with E-state index in [9.17, 15) is 0 Å². The van der Waals surface area contributed by atoms with Crippen LogP contribution in [0.2, 0.25) is 5.15 Å². The minimum absolute atomic E-state index is 0.0940. The Kier molecular flexibility index (Phi) is 2.72. The van der Waals surface area contributed by atoms with Crippen LogP contribution in [0.15, 0.2) is 42.7 Å². The van der Waals surface area contributed by atoms with Gasteiger partial charge in [0.25, 0.3) is 0 Å². The van der Waals surface area contributed by atoms with E-state index in [4.69, 9.17) is 11.6 Å². The lowest BCUT2D eigenvalue weighted by molar-refractivity contribution is 0.579. The molecule has 1 atom stereocenters. The van der Waals surface area contributed by atoms with Gasteiger partial charge in [0.1, 0.15) is 10.7 Å². The molecular weight excluding hydrogens is 248 g/mol. The number of rotatable bonds is 2. The first-order valence-electron chi connectivity index (χ1n) is 5.66. The van der Waals surface area contributed by atoms with Gasteiger partial charge in [-0.1, -0.05) is 41.9 Å². The number of nitrogens with zero attached hydrogens (tertiary/aromatic N) is 4. The fraction of sp³-hybridized carbons (Fsp3) is 0.154. The number of hydrogen-bond acceptors (Lipinski definition) is 3. The molecule has 1 aromatic carbocycles. The average molecular weight is 259 g/mol. The molecule has 4 nitrogen and oxygen atoms in total. The second kappa shape index (κ2) is 4.38. The zero-order valence-electron chi connectivity index (χ0n) is 9.79. The lowest BCUT2D eigenvalue weighted by Gasteiger charge is -2.12. The highest BCUT2D eigenvalue weighted by atomic mass is 35.5. The molecule has 3 rings (SSSR count). The Balaban J connectivity index is 2.12. The molecule has 5 heteroatoms. The summed E-state index contributed by atoms with van der Waals surface area (Å²) in [6, 6.07) is 10.2. The smallest absolute Gasteiger partial charge is 0.178 e.